The predicted molar refractivity (Wildman–Crippen MR) is 60.5 cm³/mol. The van der Waals surface area contributed by atoms with Crippen LogP contribution in [0.5, 0.6) is 0 Å². The molecule has 15 heavy (non-hydrogen) atoms. The van der Waals surface area contributed by atoms with E-state index in [2.05, 4.69) is 31.2 Å². The molecule has 77 valence electrons. The van der Waals surface area contributed by atoms with Gasteiger partial charge in [-0.05, 0) is 30.7 Å². The quantitative estimate of drug-likeness (QED) is 0.785. The first kappa shape index (κ1) is 13.6. The van der Waals surface area contributed by atoms with E-state index in [1.54, 1.807) is 0 Å². The zero-order valence-electron chi connectivity index (χ0n) is 9.34. The van der Waals surface area contributed by atoms with Crippen LogP contribution in [0.1, 0.15) is 36.8 Å². The van der Waals surface area contributed by atoms with Gasteiger partial charge in [0.15, 0.2) is 0 Å². The molecule has 0 atom stereocenters. The van der Waals surface area contributed by atoms with E-state index in [4.69, 9.17) is 5.73 Å². The second-order valence-corrected chi connectivity index (χ2v) is 4.53. The maximum Gasteiger partial charge on any atom is 3.00 e. The third kappa shape index (κ3) is 2.80. The van der Waals surface area contributed by atoms with Crippen molar-refractivity contribution in [3.8, 4) is 0 Å². The molecule has 0 aliphatic heterocycles. The van der Waals surface area contributed by atoms with E-state index in [9.17, 15) is 0 Å². The molecule has 1 aromatic rings. The number of hydrogen-bond acceptors (Lipinski definition) is 0. The summed E-state index contributed by atoms with van der Waals surface area (Å²) in [7, 11) is 0. The SMILES string of the molecule is Cc1ccc(C2(C[NH-])CCCC2)cc1.[Nd+3]. The molecule has 2 heteroatoms. The predicted octanol–water partition coefficient (Wildman–Crippen LogP) is 3.86. The molecule has 1 aliphatic rings. The Balaban J connectivity index is 0.00000112. The monoisotopic (exact) mass is 330 g/mol. The van der Waals surface area contributed by atoms with Crippen molar-refractivity contribution in [2.24, 2.45) is 0 Å². The van der Waals surface area contributed by atoms with Crippen molar-refractivity contribution in [3.05, 3.63) is 41.1 Å². The van der Waals surface area contributed by atoms with E-state index in [-0.39, 0.29) is 46.3 Å². The smallest absolute Gasteiger partial charge is 0.677 e. The Bertz CT molecular complexity index is 299. The summed E-state index contributed by atoms with van der Waals surface area (Å²) >= 11 is 0. The van der Waals surface area contributed by atoms with Gasteiger partial charge in [0, 0.05) is 0 Å². The van der Waals surface area contributed by atoms with Gasteiger partial charge in [0.1, 0.15) is 0 Å². The van der Waals surface area contributed by atoms with Crippen LogP contribution in [-0.4, -0.2) is 6.54 Å². The number of benzene rings is 1. The Hall–Kier alpha value is 0.531. The van der Waals surface area contributed by atoms with E-state index in [0.29, 0.717) is 6.54 Å². The summed E-state index contributed by atoms with van der Waals surface area (Å²) in [6, 6.07) is 8.78. The zero-order chi connectivity index (χ0) is 10.0. The Morgan fingerprint density at radius 2 is 1.67 bits per heavy atom. The molecule has 2 rings (SSSR count). The van der Waals surface area contributed by atoms with Gasteiger partial charge in [0.2, 0.25) is 0 Å². The maximum absolute atomic E-state index is 7.74. The molecule has 0 spiro atoms. The van der Waals surface area contributed by atoms with Crippen LogP contribution >= 0.6 is 0 Å². The van der Waals surface area contributed by atoms with Crippen LogP contribution in [-0.2, 0) is 5.41 Å². The summed E-state index contributed by atoms with van der Waals surface area (Å²) in [6.45, 7) is 2.67. The Kier molecular flexibility index (Phi) is 5.20. The van der Waals surface area contributed by atoms with Gasteiger partial charge in [-0.25, -0.2) is 0 Å². The van der Waals surface area contributed by atoms with E-state index in [0.717, 1.165) is 0 Å². The fraction of sp³-hybridized carbons (Fsp3) is 0.538. The minimum atomic E-state index is 0. The van der Waals surface area contributed by atoms with Crippen molar-refractivity contribution >= 4 is 0 Å². The molecule has 1 aromatic carbocycles. The fourth-order valence-electron chi connectivity index (χ4n) is 2.53. The average molecular weight is 333 g/mol. The molecule has 0 aromatic heterocycles. The molecule has 1 N–H and O–H groups in total. The molecular weight excluding hydrogens is 314 g/mol. The topological polar surface area (TPSA) is 23.8 Å². The van der Waals surface area contributed by atoms with Gasteiger partial charge in [0.25, 0.3) is 0 Å². The zero-order valence-corrected chi connectivity index (χ0v) is 12.6. The Morgan fingerprint density at radius 3 is 2.13 bits per heavy atom. The van der Waals surface area contributed by atoms with Crippen LogP contribution in [0.25, 0.3) is 5.73 Å². The summed E-state index contributed by atoms with van der Waals surface area (Å²) in [5.74, 6) is 0. The third-order valence-electron chi connectivity index (χ3n) is 3.56. The Labute approximate surface area is 125 Å². The number of rotatable bonds is 2. The molecule has 0 saturated heterocycles. The number of nitrogens with one attached hydrogen (secondary N) is 1. The molecule has 1 radical (unpaired) electrons. The molecule has 0 heterocycles. The minimum absolute atomic E-state index is 0. The standard InChI is InChI=1S/C13H18N.Nd/c1-11-4-6-12(7-5-11)13(10-14)8-2-3-9-13;/h4-7,14H,2-3,8-10H2,1H3;/q-1;+3. The second kappa shape index (κ2) is 5.74. The molecular formula is C13H18NNd+2. The Morgan fingerprint density at radius 1 is 1.13 bits per heavy atom. The van der Waals surface area contributed by atoms with Crippen molar-refractivity contribution in [2.45, 2.75) is 38.0 Å². The second-order valence-electron chi connectivity index (χ2n) is 4.53. The number of aryl methyl sites for hydroxylation is 1. The van der Waals surface area contributed by atoms with Crippen LogP contribution < -0.4 is 0 Å². The van der Waals surface area contributed by atoms with Gasteiger partial charge < -0.3 is 5.73 Å². The normalized spacial score (nSPS) is 18.5. The van der Waals surface area contributed by atoms with E-state index in [1.165, 1.54) is 36.8 Å². The molecule has 0 bridgehead atoms. The van der Waals surface area contributed by atoms with Gasteiger partial charge in [-0.2, -0.15) is 0 Å². The van der Waals surface area contributed by atoms with Gasteiger partial charge in [-0.15, -0.1) is 6.54 Å². The fourth-order valence-corrected chi connectivity index (χ4v) is 2.53. The van der Waals surface area contributed by atoms with Crippen molar-refractivity contribution in [3.63, 3.8) is 0 Å². The van der Waals surface area contributed by atoms with Gasteiger partial charge in [-0.3, -0.25) is 0 Å². The van der Waals surface area contributed by atoms with Gasteiger partial charge in [-0.1, -0.05) is 42.7 Å². The molecule has 1 nitrogen and oxygen atoms in total. The van der Waals surface area contributed by atoms with Crippen LogP contribution in [0.4, 0.5) is 0 Å². The van der Waals surface area contributed by atoms with Crippen molar-refractivity contribution in [1.29, 1.82) is 0 Å². The maximum atomic E-state index is 7.74. The number of hydrogen-bond donors (Lipinski definition) is 0. The van der Waals surface area contributed by atoms with E-state index >= 15 is 0 Å². The van der Waals surface area contributed by atoms with Crippen LogP contribution in [0.3, 0.4) is 0 Å². The first-order valence-electron chi connectivity index (χ1n) is 5.49. The molecule has 0 amide bonds. The van der Waals surface area contributed by atoms with Gasteiger partial charge >= 0.3 is 40.8 Å². The minimum Gasteiger partial charge on any atom is -0.677 e. The van der Waals surface area contributed by atoms with Gasteiger partial charge in [0.05, 0.1) is 0 Å². The summed E-state index contributed by atoms with van der Waals surface area (Å²) in [4.78, 5) is 0. The summed E-state index contributed by atoms with van der Waals surface area (Å²) in [5, 5.41) is 0. The van der Waals surface area contributed by atoms with Crippen molar-refractivity contribution in [2.75, 3.05) is 6.54 Å². The first-order valence-corrected chi connectivity index (χ1v) is 5.49. The van der Waals surface area contributed by atoms with Crippen molar-refractivity contribution in [1.82, 2.24) is 0 Å². The van der Waals surface area contributed by atoms with E-state index in [1.807, 2.05) is 0 Å². The molecule has 0 unspecified atom stereocenters. The third-order valence-corrected chi connectivity index (χ3v) is 3.56. The average Bonchev–Trinajstić information content (AvgIpc) is 2.68. The summed E-state index contributed by atoms with van der Waals surface area (Å²) < 4.78 is 0. The van der Waals surface area contributed by atoms with Crippen molar-refractivity contribution < 1.29 is 40.8 Å². The van der Waals surface area contributed by atoms with Crippen LogP contribution in [0.2, 0.25) is 0 Å². The molecule has 1 aliphatic carbocycles. The first-order chi connectivity index (χ1) is 6.77. The molecule has 1 fully saturated rings. The largest absolute Gasteiger partial charge is 3.00 e. The summed E-state index contributed by atoms with van der Waals surface area (Å²) in [6.07, 6.45) is 5.01. The molecule has 1 saturated carbocycles. The van der Waals surface area contributed by atoms with Crippen LogP contribution in [0, 0.1) is 47.8 Å². The van der Waals surface area contributed by atoms with E-state index < -0.39 is 0 Å². The van der Waals surface area contributed by atoms with Crippen LogP contribution in [0.15, 0.2) is 24.3 Å². The summed E-state index contributed by atoms with van der Waals surface area (Å²) in [5.41, 5.74) is 10.6.